The number of rotatable bonds is 9. The first-order chi connectivity index (χ1) is 16.0. The van der Waals surface area contributed by atoms with Gasteiger partial charge in [0.25, 0.3) is 5.91 Å². The third kappa shape index (κ3) is 4.72. The topological polar surface area (TPSA) is 57.2 Å². The highest BCUT2D eigenvalue weighted by molar-refractivity contribution is 5.89. The molecule has 1 saturated heterocycles. The highest BCUT2D eigenvalue weighted by atomic mass is 19.1. The Balaban J connectivity index is 1.53. The zero-order valence-electron chi connectivity index (χ0n) is 18.8. The second kappa shape index (κ2) is 9.81. The maximum absolute atomic E-state index is 14.0. The zero-order valence-corrected chi connectivity index (χ0v) is 18.8. The van der Waals surface area contributed by atoms with Crippen LogP contribution >= 0.6 is 0 Å². The van der Waals surface area contributed by atoms with Crippen LogP contribution in [0, 0.1) is 5.82 Å². The molecule has 1 aliphatic rings. The van der Waals surface area contributed by atoms with E-state index in [1.54, 1.807) is 56.6 Å². The largest absolute Gasteiger partial charge is 0.497 e. The molecule has 1 amide bonds. The summed E-state index contributed by atoms with van der Waals surface area (Å²) in [7, 11) is 4.76. The predicted octanol–water partition coefficient (Wildman–Crippen LogP) is 4.43. The van der Waals surface area contributed by atoms with Gasteiger partial charge in [-0.25, -0.2) is 4.39 Å². The summed E-state index contributed by atoms with van der Waals surface area (Å²) in [5, 5.41) is 0. The number of ether oxygens (including phenoxy) is 4. The molecule has 4 rings (SSSR count). The van der Waals surface area contributed by atoms with E-state index < -0.39 is 12.1 Å². The van der Waals surface area contributed by atoms with E-state index in [4.69, 9.17) is 18.9 Å². The Labute approximate surface area is 192 Å². The van der Waals surface area contributed by atoms with E-state index in [2.05, 4.69) is 0 Å². The Morgan fingerprint density at radius 3 is 2.24 bits per heavy atom. The molecule has 0 spiro atoms. The zero-order chi connectivity index (χ0) is 23.4. The van der Waals surface area contributed by atoms with Crippen molar-refractivity contribution in [2.24, 2.45) is 0 Å². The first-order valence-corrected chi connectivity index (χ1v) is 10.6. The van der Waals surface area contributed by atoms with Gasteiger partial charge >= 0.3 is 0 Å². The van der Waals surface area contributed by atoms with Crippen LogP contribution in [-0.4, -0.2) is 44.8 Å². The van der Waals surface area contributed by atoms with Gasteiger partial charge in [-0.2, -0.15) is 0 Å². The van der Waals surface area contributed by atoms with E-state index >= 15 is 0 Å². The van der Waals surface area contributed by atoms with Gasteiger partial charge in [-0.3, -0.25) is 4.79 Å². The second-order valence-electron chi connectivity index (χ2n) is 7.68. The van der Waals surface area contributed by atoms with Gasteiger partial charge in [0.05, 0.1) is 21.3 Å². The lowest BCUT2D eigenvalue weighted by Crippen LogP contribution is -2.61. The van der Waals surface area contributed by atoms with Gasteiger partial charge in [0.15, 0.2) is 11.5 Å². The van der Waals surface area contributed by atoms with Crippen molar-refractivity contribution in [3.8, 4) is 23.0 Å². The minimum absolute atomic E-state index is 0.138. The molecule has 2 atom stereocenters. The van der Waals surface area contributed by atoms with E-state index in [0.29, 0.717) is 41.5 Å². The fourth-order valence-corrected chi connectivity index (χ4v) is 4.01. The maximum Gasteiger partial charge on any atom is 0.266 e. The van der Waals surface area contributed by atoms with Crippen molar-refractivity contribution in [3.63, 3.8) is 0 Å². The number of hydrogen-bond donors (Lipinski definition) is 0. The molecule has 1 fully saturated rings. The molecular formula is C26H26FNO5. The minimum Gasteiger partial charge on any atom is -0.497 e. The Morgan fingerprint density at radius 2 is 1.58 bits per heavy atom. The van der Waals surface area contributed by atoms with Gasteiger partial charge in [-0.15, -0.1) is 0 Å². The number of hydrogen-bond acceptors (Lipinski definition) is 5. The summed E-state index contributed by atoms with van der Waals surface area (Å²) >= 11 is 0. The molecule has 0 aromatic heterocycles. The Morgan fingerprint density at radius 1 is 0.848 bits per heavy atom. The number of carbonyl (C=O) groups excluding carboxylic acids is 1. The van der Waals surface area contributed by atoms with Crippen molar-refractivity contribution >= 4 is 5.91 Å². The number of nitrogens with zero attached hydrogens (tertiary/aromatic N) is 1. The third-order valence-corrected chi connectivity index (χ3v) is 5.75. The molecular weight excluding hydrogens is 425 g/mol. The van der Waals surface area contributed by atoms with Gasteiger partial charge in [-0.05, 0) is 66.1 Å². The van der Waals surface area contributed by atoms with Gasteiger partial charge in [-0.1, -0.05) is 18.2 Å². The number of methoxy groups -OCH3 is 3. The second-order valence-corrected chi connectivity index (χ2v) is 7.68. The summed E-state index contributed by atoms with van der Waals surface area (Å²) in [6.45, 7) is 0.456. The van der Waals surface area contributed by atoms with Crippen LogP contribution < -0.4 is 18.9 Å². The highest BCUT2D eigenvalue weighted by Gasteiger charge is 2.49. The van der Waals surface area contributed by atoms with Crippen LogP contribution in [0.25, 0.3) is 0 Å². The van der Waals surface area contributed by atoms with Crippen molar-refractivity contribution in [2.45, 2.75) is 18.6 Å². The fourth-order valence-electron chi connectivity index (χ4n) is 4.01. The van der Waals surface area contributed by atoms with Gasteiger partial charge in [0, 0.05) is 6.54 Å². The SMILES string of the molecule is COc1ccc(O[C@@H]2C(=O)N(CCc3ccc(OC)c(OC)c3)[C@@H]2c2cccc(F)c2)cc1. The average Bonchev–Trinajstić information content (AvgIpc) is 2.85. The lowest BCUT2D eigenvalue weighted by atomic mass is 9.89. The monoisotopic (exact) mass is 451 g/mol. The van der Waals surface area contributed by atoms with Crippen molar-refractivity contribution in [3.05, 3.63) is 83.7 Å². The Kier molecular flexibility index (Phi) is 6.68. The van der Waals surface area contributed by atoms with Crippen LogP contribution in [0.5, 0.6) is 23.0 Å². The van der Waals surface area contributed by atoms with Crippen molar-refractivity contribution in [1.82, 2.24) is 4.90 Å². The Bertz CT molecular complexity index is 1120. The molecule has 3 aromatic rings. The van der Waals surface area contributed by atoms with E-state index in [-0.39, 0.29) is 11.7 Å². The van der Waals surface area contributed by atoms with Crippen LogP contribution in [0.4, 0.5) is 4.39 Å². The number of amides is 1. The number of likely N-dealkylation sites (tertiary alicyclic amines) is 1. The van der Waals surface area contributed by atoms with Crippen molar-refractivity contribution in [1.29, 1.82) is 0 Å². The average molecular weight is 451 g/mol. The van der Waals surface area contributed by atoms with Crippen LogP contribution in [-0.2, 0) is 11.2 Å². The number of benzene rings is 3. The van der Waals surface area contributed by atoms with Crippen molar-refractivity contribution < 1.29 is 28.1 Å². The smallest absolute Gasteiger partial charge is 0.266 e. The van der Waals surface area contributed by atoms with Crippen molar-refractivity contribution in [2.75, 3.05) is 27.9 Å². The van der Waals surface area contributed by atoms with Gasteiger partial charge in [0.2, 0.25) is 6.10 Å². The summed E-state index contributed by atoms with van der Waals surface area (Å²) in [6.07, 6.45) is -0.127. The molecule has 3 aromatic carbocycles. The van der Waals surface area contributed by atoms with Crippen LogP contribution in [0.2, 0.25) is 0 Å². The maximum atomic E-state index is 14.0. The van der Waals surface area contributed by atoms with E-state index in [0.717, 1.165) is 5.56 Å². The van der Waals surface area contributed by atoms with Gasteiger partial charge in [0.1, 0.15) is 23.4 Å². The van der Waals surface area contributed by atoms with E-state index in [9.17, 15) is 9.18 Å². The minimum atomic E-state index is -0.731. The lowest BCUT2D eigenvalue weighted by molar-refractivity contribution is -0.164. The summed E-state index contributed by atoms with van der Waals surface area (Å²) in [6, 6.07) is 18.6. The molecule has 172 valence electrons. The van der Waals surface area contributed by atoms with E-state index in [1.165, 1.54) is 12.1 Å². The fraction of sp³-hybridized carbons (Fsp3) is 0.269. The number of carbonyl (C=O) groups is 1. The molecule has 0 unspecified atom stereocenters. The standard InChI is InChI=1S/C26H26FNO5/c1-30-20-8-10-21(11-9-20)33-25-24(18-5-4-6-19(27)16-18)28(26(25)29)14-13-17-7-12-22(31-2)23(15-17)32-3/h4-12,15-16,24-25H,13-14H2,1-3H3/t24-,25+/m1/s1. The number of β-lactam (4-membered cyclic amide) rings is 1. The first kappa shape index (κ1) is 22.5. The molecule has 7 heteroatoms. The predicted molar refractivity (Wildman–Crippen MR) is 122 cm³/mol. The first-order valence-electron chi connectivity index (χ1n) is 10.6. The molecule has 1 heterocycles. The van der Waals surface area contributed by atoms with E-state index in [1.807, 2.05) is 24.3 Å². The summed E-state index contributed by atoms with van der Waals surface area (Å²) < 4.78 is 35.8. The quantitative estimate of drug-likeness (QED) is 0.451. The molecule has 0 radical (unpaired) electrons. The molecule has 0 N–H and O–H groups in total. The molecule has 6 nitrogen and oxygen atoms in total. The summed E-state index contributed by atoms with van der Waals surface area (Å²) in [4.78, 5) is 14.8. The summed E-state index contributed by atoms with van der Waals surface area (Å²) in [5.74, 6) is 2.03. The molecule has 0 saturated carbocycles. The molecule has 0 aliphatic carbocycles. The normalized spacial score (nSPS) is 17.3. The van der Waals surface area contributed by atoms with Crippen LogP contribution in [0.1, 0.15) is 17.2 Å². The van der Waals surface area contributed by atoms with Crippen LogP contribution in [0.15, 0.2) is 66.7 Å². The summed E-state index contributed by atoms with van der Waals surface area (Å²) in [5.41, 5.74) is 1.69. The molecule has 33 heavy (non-hydrogen) atoms. The number of halogens is 1. The van der Waals surface area contributed by atoms with Gasteiger partial charge < -0.3 is 23.8 Å². The van der Waals surface area contributed by atoms with Crippen LogP contribution in [0.3, 0.4) is 0 Å². The molecule has 1 aliphatic heterocycles. The highest BCUT2D eigenvalue weighted by Crippen LogP contribution is 2.38. The lowest BCUT2D eigenvalue weighted by Gasteiger charge is -2.47. The third-order valence-electron chi connectivity index (χ3n) is 5.75. The molecule has 0 bridgehead atoms. The Hall–Kier alpha value is -3.74.